The number of hydrogen-bond acceptors (Lipinski definition) is 2. The molecule has 1 N–H and O–H groups in total. The molecule has 1 aromatic carbocycles. The molecule has 0 aliphatic rings. The van der Waals surface area contributed by atoms with E-state index < -0.39 is 11.7 Å². The van der Waals surface area contributed by atoms with Gasteiger partial charge in [0.25, 0.3) is 0 Å². The maximum Gasteiger partial charge on any atom is 0.418 e. The third-order valence-corrected chi connectivity index (χ3v) is 4.05. The Morgan fingerprint density at radius 1 is 1.35 bits per heavy atom. The van der Waals surface area contributed by atoms with E-state index in [4.69, 9.17) is 10.4 Å². The quantitative estimate of drug-likeness (QED) is 0.894. The molecule has 0 amide bonds. The van der Waals surface area contributed by atoms with Gasteiger partial charge in [0.1, 0.15) is 0 Å². The molecule has 1 unspecified atom stereocenters. The highest BCUT2D eigenvalue weighted by Gasteiger charge is 2.36. The Balaban J connectivity index is 2.54. The zero-order valence-electron chi connectivity index (χ0n) is 13.1. The summed E-state index contributed by atoms with van der Waals surface area (Å²) in [5, 5.41) is 17.9. The molecule has 6 heteroatoms. The number of aliphatic hydroxyl groups is 1. The molecule has 0 saturated carbocycles. The fourth-order valence-electron chi connectivity index (χ4n) is 2.95. The van der Waals surface area contributed by atoms with Crippen molar-refractivity contribution >= 4 is 10.9 Å². The van der Waals surface area contributed by atoms with E-state index in [-0.39, 0.29) is 23.5 Å². The standard InChI is InChI=1S/C17H19F3N2O/c1-11(4-3-7-23)10-22-12(2)8-14-15(22)6-5-13(9-21)16(14)17(18,19)20/h5-6,8,11,23H,3-4,7,10H2,1-2H3. The number of halogens is 3. The lowest BCUT2D eigenvalue weighted by Gasteiger charge is -2.16. The van der Waals surface area contributed by atoms with Crippen molar-refractivity contribution in [2.75, 3.05) is 6.61 Å². The highest BCUT2D eigenvalue weighted by Crippen LogP contribution is 2.38. The Morgan fingerprint density at radius 2 is 2.04 bits per heavy atom. The van der Waals surface area contributed by atoms with Gasteiger partial charge in [-0.2, -0.15) is 18.4 Å². The van der Waals surface area contributed by atoms with Gasteiger partial charge in [-0.1, -0.05) is 6.92 Å². The summed E-state index contributed by atoms with van der Waals surface area (Å²) in [6, 6.07) is 5.95. The van der Waals surface area contributed by atoms with Crippen LogP contribution in [-0.4, -0.2) is 16.3 Å². The molecule has 1 atom stereocenters. The number of aromatic nitrogens is 1. The highest BCUT2D eigenvalue weighted by atomic mass is 19.4. The summed E-state index contributed by atoms with van der Waals surface area (Å²) >= 11 is 0. The molecule has 0 aliphatic heterocycles. The molecular formula is C17H19F3N2O. The topological polar surface area (TPSA) is 49.0 Å². The molecular weight excluding hydrogens is 305 g/mol. The second-order valence-electron chi connectivity index (χ2n) is 5.90. The van der Waals surface area contributed by atoms with Crippen molar-refractivity contribution in [2.45, 2.75) is 39.4 Å². The molecule has 1 aromatic heterocycles. The molecule has 0 radical (unpaired) electrons. The van der Waals surface area contributed by atoms with Gasteiger partial charge in [-0.05, 0) is 43.9 Å². The number of nitriles is 1. The van der Waals surface area contributed by atoms with Crippen LogP contribution < -0.4 is 0 Å². The lowest BCUT2D eigenvalue weighted by molar-refractivity contribution is -0.136. The summed E-state index contributed by atoms with van der Waals surface area (Å²) in [6.07, 6.45) is -3.09. The zero-order chi connectivity index (χ0) is 17.2. The van der Waals surface area contributed by atoms with Gasteiger partial charge in [-0.3, -0.25) is 0 Å². The normalized spacial score (nSPS) is 13.3. The van der Waals surface area contributed by atoms with Crippen LogP contribution in [-0.2, 0) is 12.7 Å². The molecule has 0 bridgehead atoms. The van der Waals surface area contributed by atoms with Crippen LogP contribution in [0.25, 0.3) is 10.9 Å². The Kier molecular flexibility index (Phi) is 5.00. The van der Waals surface area contributed by atoms with Gasteiger partial charge < -0.3 is 9.67 Å². The van der Waals surface area contributed by atoms with E-state index in [0.29, 0.717) is 18.5 Å². The smallest absolute Gasteiger partial charge is 0.396 e. The van der Waals surface area contributed by atoms with Gasteiger partial charge in [-0.15, -0.1) is 0 Å². The van der Waals surface area contributed by atoms with Crippen LogP contribution in [0.15, 0.2) is 18.2 Å². The van der Waals surface area contributed by atoms with Crippen LogP contribution in [0, 0.1) is 24.2 Å². The average Bonchev–Trinajstić information content (AvgIpc) is 2.78. The van der Waals surface area contributed by atoms with Crippen LogP contribution in [0.2, 0.25) is 0 Å². The third kappa shape index (κ3) is 3.50. The monoisotopic (exact) mass is 324 g/mol. The Bertz CT molecular complexity index is 741. The van der Waals surface area contributed by atoms with Gasteiger partial charge in [0.15, 0.2) is 0 Å². The predicted octanol–water partition coefficient (Wildman–Crippen LogP) is 4.25. The summed E-state index contributed by atoms with van der Waals surface area (Å²) in [4.78, 5) is 0. The number of aliphatic hydroxyl groups excluding tert-OH is 1. The molecule has 0 spiro atoms. The summed E-state index contributed by atoms with van der Waals surface area (Å²) in [6.45, 7) is 4.47. The highest BCUT2D eigenvalue weighted by molar-refractivity contribution is 5.87. The van der Waals surface area contributed by atoms with Crippen molar-refractivity contribution in [3.63, 3.8) is 0 Å². The molecule has 0 aliphatic carbocycles. The Labute approximate surface area is 133 Å². The molecule has 2 aromatic rings. The van der Waals surface area contributed by atoms with Crippen molar-refractivity contribution in [1.82, 2.24) is 4.57 Å². The number of fused-ring (bicyclic) bond motifs is 1. The lowest BCUT2D eigenvalue weighted by atomic mass is 10.0. The van der Waals surface area contributed by atoms with Crippen molar-refractivity contribution in [3.8, 4) is 6.07 Å². The first-order valence-corrected chi connectivity index (χ1v) is 7.50. The number of aryl methyl sites for hydroxylation is 1. The number of alkyl halides is 3. The minimum atomic E-state index is -4.56. The van der Waals surface area contributed by atoms with Crippen molar-refractivity contribution in [1.29, 1.82) is 5.26 Å². The van der Waals surface area contributed by atoms with Crippen molar-refractivity contribution < 1.29 is 18.3 Å². The van der Waals surface area contributed by atoms with Gasteiger partial charge in [0.05, 0.1) is 17.2 Å². The minimum absolute atomic E-state index is 0.0726. The second kappa shape index (κ2) is 6.63. The molecule has 2 rings (SSSR count). The maximum atomic E-state index is 13.3. The fourth-order valence-corrected chi connectivity index (χ4v) is 2.95. The number of benzene rings is 1. The lowest BCUT2D eigenvalue weighted by Crippen LogP contribution is -2.11. The van der Waals surface area contributed by atoms with E-state index in [1.54, 1.807) is 19.1 Å². The van der Waals surface area contributed by atoms with Gasteiger partial charge in [0.2, 0.25) is 0 Å². The van der Waals surface area contributed by atoms with E-state index in [1.165, 1.54) is 12.1 Å². The minimum Gasteiger partial charge on any atom is -0.396 e. The van der Waals surface area contributed by atoms with E-state index in [0.717, 1.165) is 12.1 Å². The first-order chi connectivity index (χ1) is 10.8. The van der Waals surface area contributed by atoms with Gasteiger partial charge in [-0.25, -0.2) is 0 Å². The van der Waals surface area contributed by atoms with Crippen LogP contribution >= 0.6 is 0 Å². The SMILES string of the molecule is Cc1cc2c(C(F)(F)F)c(C#N)ccc2n1CC(C)CCCO. The predicted molar refractivity (Wildman–Crippen MR) is 81.9 cm³/mol. The van der Waals surface area contributed by atoms with Crippen LogP contribution in [0.4, 0.5) is 13.2 Å². The van der Waals surface area contributed by atoms with Crippen LogP contribution in [0.5, 0.6) is 0 Å². The van der Waals surface area contributed by atoms with Gasteiger partial charge in [0, 0.05) is 29.7 Å². The molecule has 124 valence electrons. The van der Waals surface area contributed by atoms with Crippen molar-refractivity contribution in [3.05, 3.63) is 35.0 Å². The Morgan fingerprint density at radius 3 is 2.61 bits per heavy atom. The average molecular weight is 324 g/mol. The molecule has 3 nitrogen and oxygen atoms in total. The van der Waals surface area contributed by atoms with Gasteiger partial charge >= 0.3 is 6.18 Å². The van der Waals surface area contributed by atoms with E-state index in [9.17, 15) is 13.2 Å². The summed E-state index contributed by atoms with van der Waals surface area (Å²) in [5.41, 5.74) is 0.0129. The molecule has 0 saturated heterocycles. The largest absolute Gasteiger partial charge is 0.418 e. The first kappa shape index (κ1) is 17.4. The molecule has 0 fully saturated rings. The number of rotatable bonds is 5. The van der Waals surface area contributed by atoms with E-state index in [1.807, 2.05) is 11.5 Å². The summed E-state index contributed by atoms with van der Waals surface area (Å²) < 4.78 is 41.9. The fraction of sp³-hybridized carbons (Fsp3) is 0.471. The maximum absolute atomic E-state index is 13.3. The van der Waals surface area contributed by atoms with E-state index in [2.05, 4.69) is 0 Å². The first-order valence-electron chi connectivity index (χ1n) is 7.50. The van der Waals surface area contributed by atoms with Crippen LogP contribution in [0.3, 0.4) is 0 Å². The molecule has 1 heterocycles. The zero-order valence-corrected chi connectivity index (χ0v) is 13.1. The number of nitrogens with zero attached hydrogens (tertiary/aromatic N) is 2. The van der Waals surface area contributed by atoms with Crippen molar-refractivity contribution in [2.24, 2.45) is 5.92 Å². The summed E-state index contributed by atoms with van der Waals surface area (Å²) in [7, 11) is 0. The summed E-state index contributed by atoms with van der Waals surface area (Å²) in [5.74, 6) is 0.237. The molecule has 23 heavy (non-hydrogen) atoms. The van der Waals surface area contributed by atoms with Crippen LogP contribution in [0.1, 0.15) is 36.6 Å². The third-order valence-electron chi connectivity index (χ3n) is 4.05. The van der Waals surface area contributed by atoms with E-state index >= 15 is 0 Å². The second-order valence-corrected chi connectivity index (χ2v) is 5.90. The Hall–Kier alpha value is -2.00. The number of hydrogen-bond donors (Lipinski definition) is 1.